The average Bonchev–Trinajstić information content (AvgIpc) is 2.50. The number of nitrogens with one attached hydrogen (secondary N) is 1. The lowest BCUT2D eigenvalue weighted by atomic mass is 10.1. The zero-order valence-electron chi connectivity index (χ0n) is 12.9. The second kappa shape index (κ2) is 6.72. The third kappa shape index (κ3) is 3.92. The van der Waals surface area contributed by atoms with Crippen molar-refractivity contribution in [1.82, 2.24) is 0 Å². The monoisotopic (exact) mass is 397 g/mol. The van der Waals surface area contributed by atoms with Crippen LogP contribution in [-0.4, -0.2) is 21.5 Å². The fourth-order valence-electron chi connectivity index (χ4n) is 1.97. The first-order valence-electron chi connectivity index (χ1n) is 6.72. The molecule has 0 atom stereocenters. The Morgan fingerprint density at radius 2 is 1.74 bits per heavy atom. The second-order valence-electron chi connectivity index (χ2n) is 5.06. The predicted molar refractivity (Wildman–Crippen MR) is 92.2 cm³/mol. The second-order valence-corrected chi connectivity index (χ2v) is 7.59. The minimum absolute atomic E-state index is 0.125. The maximum absolute atomic E-state index is 12.5. The quantitative estimate of drug-likeness (QED) is 0.798. The van der Waals surface area contributed by atoms with E-state index < -0.39 is 16.0 Å². The molecule has 0 saturated heterocycles. The van der Waals surface area contributed by atoms with E-state index in [0.717, 1.165) is 11.1 Å². The van der Waals surface area contributed by atoms with Crippen LogP contribution in [0.5, 0.6) is 0 Å². The SMILES string of the molecule is COC(=O)c1cc(Br)c(C)cc1NS(=O)(=O)c1ccc(C)cc1. The van der Waals surface area contributed by atoms with Crippen molar-refractivity contribution < 1.29 is 17.9 Å². The molecule has 122 valence electrons. The van der Waals surface area contributed by atoms with Gasteiger partial charge in [-0.1, -0.05) is 33.6 Å². The van der Waals surface area contributed by atoms with Gasteiger partial charge in [0.15, 0.2) is 0 Å². The van der Waals surface area contributed by atoms with E-state index in [1.165, 1.54) is 25.3 Å². The van der Waals surface area contributed by atoms with Crippen LogP contribution < -0.4 is 4.72 Å². The number of methoxy groups -OCH3 is 1. The smallest absolute Gasteiger partial charge is 0.340 e. The van der Waals surface area contributed by atoms with Crippen LogP contribution in [-0.2, 0) is 14.8 Å². The van der Waals surface area contributed by atoms with Crippen molar-refractivity contribution in [2.75, 3.05) is 11.8 Å². The van der Waals surface area contributed by atoms with Crippen LogP contribution in [0.25, 0.3) is 0 Å². The van der Waals surface area contributed by atoms with Crippen molar-refractivity contribution in [3.05, 3.63) is 57.6 Å². The maximum Gasteiger partial charge on any atom is 0.340 e. The zero-order chi connectivity index (χ0) is 17.2. The Labute approximate surface area is 143 Å². The molecule has 0 saturated carbocycles. The van der Waals surface area contributed by atoms with Crippen LogP contribution in [0.4, 0.5) is 5.69 Å². The van der Waals surface area contributed by atoms with E-state index in [2.05, 4.69) is 20.7 Å². The van der Waals surface area contributed by atoms with E-state index in [-0.39, 0.29) is 16.1 Å². The first-order valence-corrected chi connectivity index (χ1v) is 9.00. The van der Waals surface area contributed by atoms with Crippen molar-refractivity contribution in [2.24, 2.45) is 0 Å². The summed E-state index contributed by atoms with van der Waals surface area (Å²) < 4.78 is 32.9. The molecule has 2 rings (SSSR count). The summed E-state index contributed by atoms with van der Waals surface area (Å²) in [6.45, 7) is 3.67. The molecular formula is C16H16BrNO4S. The molecule has 23 heavy (non-hydrogen) atoms. The van der Waals surface area contributed by atoms with Gasteiger partial charge in [-0.2, -0.15) is 0 Å². The molecule has 0 aliphatic rings. The number of sulfonamides is 1. The van der Waals surface area contributed by atoms with Crippen molar-refractivity contribution >= 4 is 37.6 Å². The fraction of sp³-hybridized carbons (Fsp3) is 0.188. The molecule has 0 heterocycles. The number of rotatable bonds is 4. The van der Waals surface area contributed by atoms with Gasteiger partial charge in [0.2, 0.25) is 0 Å². The van der Waals surface area contributed by atoms with Crippen molar-refractivity contribution in [3.8, 4) is 0 Å². The van der Waals surface area contributed by atoms with Crippen LogP contribution in [0.3, 0.4) is 0 Å². The molecule has 1 N–H and O–H groups in total. The third-order valence-electron chi connectivity index (χ3n) is 3.28. The Balaban J connectivity index is 2.48. The highest BCUT2D eigenvalue weighted by atomic mass is 79.9. The Morgan fingerprint density at radius 3 is 2.30 bits per heavy atom. The lowest BCUT2D eigenvalue weighted by Gasteiger charge is -2.13. The van der Waals surface area contributed by atoms with Gasteiger partial charge in [0, 0.05) is 4.47 Å². The van der Waals surface area contributed by atoms with E-state index in [0.29, 0.717) is 4.47 Å². The summed E-state index contributed by atoms with van der Waals surface area (Å²) >= 11 is 3.33. The molecule has 0 aromatic heterocycles. The molecule has 2 aromatic carbocycles. The van der Waals surface area contributed by atoms with Gasteiger partial charge >= 0.3 is 5.97 Å². The molecular weight excluding hydrogens is 382 g/mol. The van der Waals surface area contributed by atoms with E-state index in [1.54, 1.807) is 25.1 Å². The minimum atomic E-state index is -3.80. The summed E-state index contributed by atoms with van der Waals surface area (Å²) in [7, 11) is -2.55. The van der Waals surface area contributed by atoms with Crippen molar-refractivity contribution in [1.29, 1.82) is 0 Å². The Kier molecular flexibility index (Phi) is 5.11. The van der Waals surface area contributed by atoms with Crippen LogP contribution in [0.1, 0.15) is 21.5 Å². The summed E-state index contributed by atoms with van der Waals surface area (Å²) in [5.41, 5.74) is 2.07. The molecule has 0 bridgehead atoms. The van der Waals surface area contributed by atoms with Gasteiger partial charge < -0.3 is 4.74 Å². The highest BCUT2D eigenvalue weighted by Crippen LogP contribution is 2.28. The van der Waals surface area contributed by atoms with Gasteiger partial charge in [-0.05, 0) is 43.7 Å². The maximum atomic E-state index is 12.5. The minimum Gasteiger partial charge on any atom is -0.465 e. The standard InChI is InChI=1S/C16H16BrNO4S/c1-10-4-6-12(7-5-10)23(20,21)18-15-8-11(2)14(17)9-13(15)16(19)22-3/h4-9,18H,1-3H3. The average molecular weight is 398 g/mol. The molecule has 7 heteroatoms. The van der Waals surface area contributed by atoms with Crippen LogP contribution in [0, 0.1) is 13.8 Å². The van der Waals surface area contributed by atoms with Gasteiger partial charge in [0.1, 0.15) is 0 Å². The Morgan fingerprint density at radius 1 is 1.13 bits per heavy atom. The zero-order valence-corrected chi connectivity index (χ0v) is 15.3. The molecule has 0 unspecified atom stereocenters. The summed E-state index contributed by atoms with van der Waals surface area (Å²) in [5.74, 6) is -0.618. The lowest BCUT2D eigenvalue weighted by Crippen LogP contribution is -2.16. The van der Waals surface area contributed by atoms with E-state index in [9.17, 15) is 13.2 Å². The molecule has 2 aromatic rings. The highest BCUT2D eigenvalue weighted by Gasteiger charge is 2.20. The Bertz CT molecular complexity index is 845. The van der Waals surface area contributed by atoms with Crippen molar-refractivity contribution in [2.45, 2.75) is 18.7 Å². The van der Waals surface area contributed by atoms with Gasteiger partial charge in [-0.15, -0.1) is 0 Å². The molecule has 0 aliphatic heterocycles. The first-order chi connectivity index (χ1) is 10.7. The summed E-state index contributed by atoms with van der Waals surface area (Å²) in [5, 5.41) is 0. The number of halogens is 1. The molecule has 0 amide bonds. The lowest BCUT2D eigenvalue weighted by molar-refractivity contribution is 0.0602. The largest absolute Gasteiger partial charge is 0.465 e. The van der Waals surface area contributed by atoms with Gasteiger partial charge in [-0.25, -0.2) is 13.2 Å². The van der Waals surface area contributed by atoms with Crippen LogP contribution >= 0.6 is 15.9 Å². The summed E-state index contributed by atoms with van der Waals surface area (Å²) in [4.78, 5) is 12.0. The normalized spacial score (nSPS) is 11.1. The molecule has 0 fully saturated rings. The number of ether oxygens (including phenoxy) is 1. The number of benzene rings is 2. The van der Waals surface area contributed by atoms with E-state index >= 15 is 0 Å². The van der Waals surface area contributed by atoms with Crippen LogP contribution in [0.15, 0.2) is 45.8 Å². The van der Waals surface area contributed by atoms with Gasteiger partial charge in [0.25, 0.3) is 10.0 Å². The van der Waals surface area contributed by atoms with E-state index in [4.69, 9.17) is 4.74 Å². The van der Waals surface area contributed by atoms with Crippen LogP contribution in [0.2, 0.25) is 0 Å². The molecule has 0 aliphatic carbocycles. The number of carbonyl (C=O) groups is 1. The predicted octanol–water partition coefficient (Wildman–Crippen LogP) is 3.65. The number of anilines is 1. The molecule has 5 nitrogen and oxygen atoms in total. The number of carbonyl (C=O) groups excluding carboxylic acids is 1. The van der Waals surface area contributed by atoms with Crippen molar-refractivity contribution in [3.63, 3.8) is 0 Å². The fourth-order valence-corrected chi connectivity index (χ4v) is 3.38. The summed E-state index contributed by atoms with van der Waals surface area (Å²) in [6.07, 6.45) is 0. The highest BCUT2D eigenvalue weighted by molar-refractivity contribution is 9.10. The Hall–Kier alpha value is -1.86. The number of esters is 1. The third-order valence-corrected chi connectivity index (χ3v) is 5.52. The summed E-state index contributed by atoms with van der Waals surface area (Å²) in [6, 6.07) is 9.57. The number of aryl methyl sites for hydroxylation is 2. The van der Waals surface area contributed by atoms with E-state index in [1.807, 2.05) is 6.92 Å². The van der Waals surface area contributed by atoms with Gasteiger partial charge in [-0.3, -0.25) is 4.72 Å². The first kappa shape index (κ1) is 17.5. The molecule has 0 spiro atoms. The number of hydrogen-bond donors (Lipinski definition) is 1. The van der Waals surface area contributed by atoms with Gasteiger partial charge in [0.05, 0.1) is 23.3 Å². The topological polar surface area (TPSA) is 72.5 Å². The molecule has 0 radical (unpaired) electrons. The number of hydrogen-bond acceptors (Lipinski definition) is 4.